The first-order valence-electron chi connectivity index (χ1n) is 13.5. The van der Waals surface area contributed by atoms with Gasteiger partial charge in [0.05, 0.1) is 42.2 Å². The van der Waals surface area contributed by atoms with Crippen LogP contribution in [-0.2, 0) is 0 Å². The van der Waals surface area contributed by atoms with Crippen molar-refractivity contribution in [1.82, 2.24) is 0 Å². The highest BCUT2D eigenvalue weighted by molar-refractivity contribution is 5.21. The van der Waals surface area contributed by atoms with Crippen LogP contribution in [0.5, 0.6) is 0 Å². The Labute approximate surface area is 204 Å². The second-order valence-electron chi connectivity index (χ2n) is 13.4. The summed E-state index contributed by atoms with van der Waals surface area (Å²) in [6.45, 7) is 10.0. The Kier molecular flexibility index (Phi) is 7.03. The fourth-order valence-electron chi connectivity index (χ4n) is 9.65. The second-order valence-corrected chi connectivity index (χ2v) is 13.4. The first-order chi connectivity index (χ1) is 15.7. The van der Waals surface area contributed by atoms with Crippen LogP contribution in [0, 0.1) is 46.3 Å². The van der Waals surface area contributed by atoms with Gasteiger partial charge in [-0.3, -0.25) is 0 Å². The molecule has 0 unspecified atom stereocenters. The number of hydrogen-bond acceptors (Lipinski definition) is 7. The van der Waals surface area contributed by atoms with E-state index < -0.39 is 59.5 Å². The second kappa shape index (κ2) is 8.93. The average molecular weight is 485 g/mol. The maximum atomic E-state index is 12.3. The molecule has 4 aliphatic carbocycles. The maximum Gasteiger partial charge on any atom is 0.0857 e. The van der Waals surface area contributed by atoms with Gasteiger partial charge in [-0.2, -0.15) is 0 Å². The quantitative estimate of drug-likeness (QED) is 0.313. The lowest BCUT2D eigenvalue weighted by molar-refractivity contribution is -0.280. The fourth-order valence-corrected chi connectivity index (χ4v) is 9.65. The summed E-state index contributed by atoms with van der Waals surface area (Å²) in [6, 6.07) is 0. The number of rotatable bonds is 5. The third-order valence-electron chi connectivity index (χ3n) is 11.2. The van der Waals surface area contributed by atoms with Crippen LogP contribution in [0.2, 0.25) is 0 Å². The Balaban J connectivity index is 1.62. The van der Waals surface area contributed by atoms with E-state index in [9.17, 15) is 35.7 Å². The number of fused-ring (bicyclic) bond motifs is 5. The average Bonchev–Trinajstić information content (AvgIpc) is 3.01. The van der Waals surface area contributed by atoms with Gasteiger partial charge in [-0.05, 0) is 73.0 Å². The van der Waals surface area contributed by atoms with E-state index >= 15 is 0 Å². The summed E-state index contributed by atoms with van der Waals surface area (Å²) in [6.07, 6.45) is -1.50. The van der Waals surface area contributed by atoms with Crippen molar-refractivity contribution in [3.05, 3.63) is 0 Å². The van der Waals surface area contributed by atoms with Crippen LogP contribution >= 0.6 is 0 Å². The minimum Gasteiger partial charge on any atom is -0.393 e. The molecule has 0 saturated heterocycles. The minimum absolute atomic E-state index is 0.0439. The van der Waals surface area contributed by atoms with Crippen molar-refractivity contribution < 1.29 is 35.7 Å². The van der Waals surface area contributed by atoms with Gasteiger partial charge >= 0.3 is 0 Å². The molecule has 34 heavy (non-hydrogen) atoms. The van der Waals surface area contributed by atoms with Gasteiger partial charge in [0.2, 0.25) is 0 Å². The lowest BCUT2D eigenvalue weighted by Crippen LogP contribution is -2.70. The van der Waals surface area contributed by atoms with E-state index in [1.165, 1.54) is 0 Å². The van der Waals surface area contributed by atoms with E-state index in [4.69, 9.17) is 0 Å². The molecule has 0 aromatic heterocycles. The van der Waals surface area contributed by atoms with Gasteiger partial charge in [0, 0.05) is 18.3 Å². The molecule has 0 heterocycles. The smallest absolute Gasteiger partial charge is 0.0857 e. The molecule has 4 aliphatic rings. The highest BCUT2D eigenvalue weighted by Gasteiger charge is 2.71. The first kappa shape index (κ1) is 26.8. The Bertz CT molecular complexity index is 746. The van der Waals surface area contributed by atoms with Crippen LogP contribution in [0.25, 0.3) is 0 Å². The first-order valence-corrected chi connectivity index (χ1v) is 13.5. The maximum absolute atomic E-state index is 12.3. The van der Waals surface area contributed by atoms with Gasteiger partial charge in [0.1, 0.15) is 0 Å². The molecule has 7 N–H and O–H groups in total. The molecule has 4 fully saturated rings. The molecular weight excluding hydrogens is 436 g/mol. The topological polar surface area (TPSA) is 142 Å². The Morgan fingerprint density at radius 2 is 1.47 bits per heavy atom. The van der Waals surface area contributed by atoms with Gasteiger partial charge in [-0.25, -0.2) is 0 Å². The van der Waals surface area contributed by atoms with Crippen molar-refractivity contribution in [2.75, 3.05) is 0 Å². The van der Waals surface area contributed by atoms with Crippen LogP contribution in [0.1, 0.15) is 79.6 Å². The third kappa shape index (κ3) is 3.80. The van der Waals surface area contributed by atoms with Crippen LogP contribution in [-0.4, -0.2) is 78.0 Å². The number of aliphatic hydroxyl groups excluding tert-OH is 6. The van der Waals surface area contributed by atoms with E-state index in [0.29, 0.717) is 25.7 Å². The monoisotopic (exact) mass is 484 g/mol. The Morgan fingerprint density at radius 1 is 0.853 bits per heavy atom. The fraction of sp³-hybridized carbons (Fsp3) is 1.00. The summed E-state index contributed by atoms with van der Waals surface area (Å²) in [4.78, 5) is 0. The van der Waals surface area contributed by atoms with Gasteiger partial charge in [0.15, 0.2) is 0 Å². The summed E-state index contributed by atoms with van der Waals surface area (Å²) < 4.78 is 0. The van der Waals surface area contributed by atoms with Gasteiger partial charge < -0.3 is 35.7 Å². The van der Waals surface area contributed by atoms with Crippen LogP contribution in [0.15, 0.2) is 0 Å². The van der Waals surface area contributed by atoms with E-state index in [1.54, 1.807) is 0 Å². The van der Waals surface area contributed by atoms with Crippen molar-refractivity contribution in [2.45, 2.75) is 122 Å². The summed E-state index contributed by atoms with van der Waals surface area (Å²) in [5.74, 6) is -0.991. The molecule has 4 saturated carbocycles. The lowest BCUT2D eigenvalue weighted by Gasteiger charge is -2.66. The molecule has 0 aromatic rings. The number of hydrogen-bond donors (Lipinski definition) is 7. The van der Waals surface area contributed by atoms with Crippen molar-refractivity contribution in [1.29, 1.82) is 0 Å². The molecule has 0 amide bonds. The van der Waals surface area contributed by atoms with E-state index in [0.717, 1.165) is 12.8 Å². The summed E-state index contributed by atoms with van der Waals surface area (Å²) >= 11 is 0. The van der Waals surface area contributed by atoms with Crippen LogP contribution in [0.4, 0.5) is 0 Å². The minimum atomic E-state index is -1.26. The van der Waals surface area contributed by atoms with Crippen LogP contribution in [0.3, 0.4) is 0 Å². The SMILES string of the molecule is CC(C)[C@H](O)[C@H](O)C[C@@H](C)[C@H]1C[C@@H](O)[C@@H]2[C@]1(C)CC[C@@H]1[C@@]3(C)CC[C@H](O)[C@H](O)[C@@H]3[C@H](O)C[C@]12O. The zero-order chi connectivity index (χ0) is 25.4. The largest absolute Gasteiger partial charge is 0.393 e. The predicted octanol–water partition coefficient (Wildman–Crippen LogP) is 1.44. The molecule has 4 rings (SSSR count). The molecule has 0 radical (unpaired) electrons. The Hall–Kier alpha value is -0.280. The lowest BCUT2D eigenvalue weighted by atomic mass is 9.41. The van der Waals surface area contributed by atoms with E-state index in [1.807, 2.05) is 20.8 Å². The molecule has 0 aliphatic heterocycles. The molecule has 0 bridgehead atoms. The zero-order valence-corrected chi connectivity index (χ0v) is 21.5. The number of aliphatic hydroxyl groups is 7. The molecule has 7 heteroatoms. The molecule has 14 atom stereocenters. The predicted molar refractivity (Wildman–Crippen MR) is 127 cm³/mol. The van der Waals surface area contributed by atoms with Crippen LogP contribution < -0.4 is 0 Å². The van der Waals surface area contributed by atoms with Gasteiger partial charge in [-0.1, -0.05) is 34.6 Å². The third-order valence-corrected chi connectivity index (χ3v) is 11.2. The zero-order valence-electron chi connectivity index (χ0n) is 21.5. The van der Waals surface area contributed by atoms with Crippen molar-refractivity contribution in [2.24, 2.45) is 46.3 Å². The standard InChI is InChI=1S/C27H48O7/c1-13(2)22(32)17(29)10-14(3)15-11-18(30)24-25(15,4)9-7-20-26(5)8-6-16(28)23(33)21(26)19(31)12-27(20,24)34/h13-24,28-34H,6-12H2,1-5H3/t14-,15-,16+,17-,18-,19-,20-,21+,22+,23+,24-,25-,26-,27+/m1/s1. The summed E-state index contributed by atoms with van der Waals surface area (Å²) in [5, 5.41) is 76.9. The molecule has 0 aromatic carbocycles. The highest BCUT2D eigenvalue weighted by Crippen LogP contribution is 2.69. The van der Waals surface area contributed by atoms with E-state index in [2.05, 4.69) is 13.8 Å². The summed E-state index contributed by atoms with van der Waals surface area (Å²) in [7, 11) is 0. The van der Waals surface area contributed by atoms with Crippen molar-refractivity contribution >= 4 is 0 Å². The van der Waals surface area contributed by atoms with Gasteiger partial charge in [0.25, 0.3) is 0 Å². The Morgan fingerprint density at radius 3 is 2.09 bits per heavy atom. The molecule has 198 valence electrons. The summed E-state index contributed by atoms with van der Waals surface area (Å²) in [5.41, 5.74) is -2.14. The normalized spacial score (nSPS) is 53.6. The van der Waals surface area contributed by atoms with E-state index in [-0.39, 0.29) is 35.5 Å². The van der Waals surface area contributed by atoms with Crippen molar-refractivity contribution in [3.63, 3.8) is 0 Å². The molecule has 7 nitrogen and oxygen atoms in total. The highest BCUT2D eigenvalue weighted by atomic mass is 16.3. The van der Waals surface area contributed by atoms with Gasteiger partial charge in [-0.15, -0.1) is 0 Å². The molecule has 0 spiro atoms. The molecular formula is C27H48O7. The van der Waals surface area contributed by atoms with Crippen molar-refractivity contribution in [3.8, 4) is 0 Å².